The Morgan fingerprint density at radius 3 is 2.54 bits per heavy atom. The molecule has 2 aromatic carbocycles. The normalized spacial score (nSPS) is 15.0. The predicted octanol–water partition coefficient (Wildman–Crippen LogP) is 5.59. The molecule has 3 heterocycles. The molecule has 0 fully saturated rings. The monoisotopic (exact) mass is 513 g/mol. The Kier molecular flexibility index (Phi) is 6.87. The first-order valence-corrected chi connectivity index (χ1v) is 13.0. The van der Waals surface area contributed by atoms with Crippen molar-refractivity contribution >= 4 is 34.9 Å². The molecular weight excluding hydrogens is 486 g/mol. The number of rotatable bonds is 7. The van der Waals surface area contributed by atoms with Crippen molar-refractivity contribution in [3.63, 3.8) is 0 Å². The zero-order chi connectivity index (χ0) is 26.0. The van der Waals surface area contributed by atoms with E-state index in [0.29, 0.717) is 35.2 Å². The van der Waals surface area contributed by atoms with E-state index in [2.05, 4.69) is 21.6 Å². The minimum Gasteiger partial charge on any atom is -0.465 e. The minimum atomic E-state index is -0.658. The van der Waals surface area contributed by atoms with Gasteiger partial charge in [0.2, 0.25) is 0 Å². The van der Waals surface area contributed by atoms with Crippen molar-refractivity contribution in [1.82, 2.24) is 14.6 Å². The van der Waals surface area contributed by atoms with Crippen molar-refractivity contribution in [3.8, 4) is 6.07 Å². The zero-order valence-electron chi connectivity index (χ0n) is 20.9. The summed E-state index contributed by atoms with van der Waals surface area (Å²) in [5, 5.41) is 22.6. The van der Waals surface area contributed by atoms with Crippen molar-refractivity contribution in [3.05, 3.63) is 82.9 Å². The summed E-state index contributed by atoms with van der Waals surface area (Å²) in [6.07, 6.45) is 0.565. The number of para-hydroxylation sites is 1. The number of thioether (sulfide) groups is 1. The molecule has 188 valence electrons. The summed E-state index contributed by atoms with van der Waals surface area (Å²) in [4.78, 5) is 13.0. The van der Waals surface area contributed by atoms with Crippen LogP contribution in [0.4, 0.5) is 11.5 Å². The molecule has 4 aromatic rings. The largest absolute Gasteiger partial charge is 0.465 e. The smallest absolute Gasteiger partial charge is 0.324 e. The van der Waals surface area contributed by atoms with Gasteiger partial charge in [0.1, 0.15) is 17.1 Å². The number of nitrogens with one attached hydrogen (secondary N) is 1. The van der Waals surface area contributed by atoms with Crippen LogP contribution in [0.3, 0.4) is 0 Å². The van der Waals surface area contributed by atoms with Crippen molar-refractivity contribution < 1.29 is 14.3 Å². The highest BCUT2D eigenvalue weighted by Crippen LogP contribution is 2.41. The molecule has 1 N–H and O–H groups in total. The average Bonchev–Trinajstić information content (AvgIpc) is 3.31. The van der Waals surface area contributed by atoms with Gasteiger partial charge in [0.15, 0.2) is 10.8 Å². The number of nitrogens with zero attached hydrogens (tertiary/aromatic N) is 4. The number of aromatic nitrogens is 3. The Balaban J connectivity index is 1.71. The van der Waals surface area contributed by atoms with Crippen LogP contribution in [0.2, 0.25) is 0 Å². The number of fused-ring (bicyclic) bond motifs is 3. The lowest BCUT2D eigenvalue weighted by Gasteiger charge is -2.33. The Morgan fingerprint density at radius 1 is 1.16 bits per heavy atom. The van der Waals surface area contributed by atoms with Crippen LogP contribution in [0.1, 0.15) is 48.3 Å². The van der Waals surface area contributed by atoms with Crippen LogP contribution in [0.25, 0.3) is 5.65 Å². The maximum absolute atomic E-state index is 13.0. The van der Waals surface area contributed by atoms with Gasteiger partial charge in [-0.25, -0.2) is 0 Å². The van der Waals surface area contributed by atoms with E-state index >= 15 is 0 Å². The number of benzene rings is 2. The van der Waals surface area contributed by atoms with Gasteiger partial charge >= 0.3 is 5.97 Å². The van der Waals surface area contributed by atoms with Crippen molar-refractivity contribution in [2.45, 2.75) is 49.8 Å². The van der Waals surface area contributed by atoms with E-state index in [1.807, 2.05) is 78.9 Å². The molecule has 0 saturated heterocycles. The topological polar surface area (TPSA) is 102 Å². The van der Waals surface area contributed by atoms with Crippen LogP contribution >= 0.6 is 11.8 Å². The molecule has 0 bridgehead atoms. The lowest BCUT2D eigenvalue weighted by atomic mass is 9.89. The van der Waals surface area contributed by atoms with E-state index in [-0.39, 0.29) is 12.6 Å². The molecule has 8 nitrogen and oxygen atoms in total. The summed E-state index contributed by atoms with van der Waals surface area (Å²) in [7, 11) is 0. The van der Waals surface area contributed by atoms with Gasteiger partial charge in [-0.3, -0.25) is 9.20 Å². The number of carbonyl (C=O) groups is 1. The second-order valence-corrected chi connectivity index (χ2v) is 10.4. The molecule has 0 unspecified atom stereocenters. The number of esters is 1. The quantitative estimate of drug-likeness (QED) is 0.252. The van der Waals surface area contributed by atoms with E-state index in [0.717, 1.165) is 22.4 Å². The van der Waals surface area contributed by atoms with Crippen LogP contribution < -0.4 is 5.32 Å². The molecule has 0 aliphatic carbocycles. The van der Waals surface area contributed by atoms with Crippen molar-refractivity contribution in [1.29, 1.82) is 5.26 Å². The van der Waals surface area contributed by atoms with E-state index in [1.165, 1.54) is 11.8 Å². The molecule has 2 aromatic heterocycles. The Morgan fingerprint density at radius 2 is 1.86 bits per heavy atom. The minimum absolute atomic E-state index is 0.267. The average molecular weight is 514 g/mol. The molecule has 0 spiro atoms. The van der Waals surface area contributed by atoms with Gasteiger partial charge in [0.05, 0.1) is 24.4 Å². The molecule has 5 rings (SSSR count). The predicted molar refractivity (Wildman–Crippen MR) is 142 cm³/mol. The first-order valence-electron chi connectivity index (χ1n) is 12.1. The van der Waals surface area contributed by atoms with Gasteiger partial charge < -0.3 is 14.8 Å². The third-order valence-corrected chi connectivity index (χ3v) is 7.39. The highest BCUT2D eigenvalue weighted by atomic mass is 32.2. The number of ether oxygens (including phenoxy) is 2. The summed E-state index contributed by atoms with van der Waals surface area (Å²) in [5.74, 6) is 0.194. The molecule has 1 atom stereocenters. The molecule has 1 aliphatic heterocycles. The first-order chi connectivity index (χ1) is 17.9. The lowest BCUT2D eigenvalue weighted by Crippen LogP contribution is -2.33. The standard InChI is InChI=1S/C28H27N5O3S/c1-4-35-26(34)23(18-11-7-5-8-12-18)37-27-32-31-25-22-17-36-28(2,3)15-20(22)21(16-29)24(33(25)27)30-19-13-9-6-10-14-19/h5-14,23,30H,4,15,17H2,1-3H3/t23-/m0/s1. The van der Waals surface area contributed by atoms with Crippen molar-refractivity contribution in [2.24, 2.45) is 0 Å². The van der Waals surface area contributed by atoms with E-state index in [1.54, 1.807) is 6.92 Å². The maximum atomic E-state index is 13.0. The van der Waals surface area contributed by atoms with E-state index in [4.69, 9.17) is 9.47 Å². The SMILES string of the molecule is CCOC(=O)[C@@H](Sc1nnc2c3c(c(C#N)c(Nc4ccccc4)n12)CC(C)(C)OC3)c1ccccc1. The van der Waals surface area contributed by atoms with Crippen LogP contribution in [-0.4, -0.2) is 32.8 Å². The fourth-order valence-electron chi connectivity index (χ4n) is 4.48. The van der Waals surface area contributed by atoms with Gasteiger partial charge in [0, 0.05) is 17.7 Å². The van der Waals surface area contributed by atoms with Crippen LogP contribution in [0.15, 0.2) is 65.8 Å². The molecule has 0 amide bonds. The van der Waals surface area contributed by atoms with Crippen molar-refractivity contribution in [2.75, 3.05) is 11.9 Å². The van der Waals surface area contributed by atoms with Gasteiger partial charge in [-0.1, -0.05) is 60.3 Å². The summed E-state index contributed by atoms with van der Waals surface area (Å²) >= 11 is 1.24. The number of hydrogen-bond acceptors (Lipinski definition) is 8. The van der Waals surface area contributed by atoms with Gasteiger partial charge in [-0.15, -0.1) is 10.2 Å². The van der Waals surface area contributed by atoms with Gasteiger partial charge in [0.25, 0.3) is 0 Å². The lowest BCUT2D eigenvalue weighted by molar-refractivity contribution is -0.142. The summed E-state index contributed by atoms with van der Waals surface area (Å²) in [6, 6.07) is 21.5. The third-order valence-electron chi connectivity index (χ3n) is 6.21. The molecule has 9 heteroatoms. The fourth-order valence-corrected chi connectivity index (χ4v) is 5.51. The number of nitriles is 1. The summed E-state index contributed by atoms with van der Waals surface area (Å²) in [5.41, 5.74) is 4.05. The maximum Gasteiger partial charge on any atom is 0.324 e. The van der Waals surface area contributed by atoms with Crippen LogP contribution in [0.5, 0.6) is 0 Å². The van der Waals surface area contributed by atoms with Gasteiger partial charge in [-0.05, 0) is 44.0 Å². The highest BCUT2D eigenvalue weighted by Gasteiger charge is 2.34. The first kappa shape index (κ1) is 24.8. The number of hydrogen-bond donors (Lipinski definition) is 1. The summed E-state index contributed by atoms with van der Waals surface area (Å²) in [6.45, 7) is 6.39. The molecule has 0 radical (unpaired) electrons. The number of carbonyl (C=O) groups excluding carboxylic acids is 1. The second-order valence-electron chi connectivity index (χ2n) is 9.31. The Labute approximate surface area is 219 Å². The fraction of sp³-hybridized carbons (Fsp3) is 0.286. The number of anilines is 2. The Hall–Kier alpha value is -3.87. The molecule has 0 saturated carbocycles. The van der Waals surface area contributed by atoms with Crippen LogP contribution in [0, 0.1) is 11.3 Å². The Bertz CT molecular complexity index is 1480. The zero-order valence-corrected chi connectivity index (χ0v) is 21.7. The van der Waals surface area contributed by atoms with Gasteiger partial charge in [-0.2, -0.15) is 5.26 Å². The number of pyridine rings is 1. The molecule has 37 heavy (non-hydrogen) atoms. The highest BCUT2D eigenvalue weighted by molar-refractivity contribution is 8.00. The summed E-state index contributed by atoms with van der Waals surface area (Å²) < 4.78 is 13.3. The van der Waals surface area contributed by atoms with E-state index < -0.39 is 10.9 Å². The van der Waals surface area contributed by atoms with Crippen LogP contribution in [-0.2, 0) is 27.3 Å². The van der Waals surface area contributed by atoms with E-state index in [9.17, 15) is 10.1 Å². The molecular formula is C28H27N5O3S. The third kappa shape index (κ3) is 4.90. The molecule has 1 aliphatic rings. The second kappa shape index (κ2) is 10.2.